The van der Waals surface area contributed by atoms with Crippen LogP contribution >= 0.6 is 0 Å². The number of amides is 1. The van der Waals surface area contributed by atoms with Gasteiger partial charge in [-0.05, 0) is 29.8 Å². The van der Waals surface area contributed by atoms with Gasteiger partial charge in [-0.15, -0.1) is 4.47 Å². The van der Waals surface area contributed by atoms with E-state index >= 15 is 0 Å². The number of carbonyl (C=O) groups is 1. The van der Waals surface area contributed by atoms with Crippen molar-refractivity contribution in [2.75, 3.05) is 34.2 Å². The summed E-state index contributed by atoms with van der Waals surface area (Å²) >= 11 is 0. The molecule has 11 heteroatoms. The number of hydrogen-bond donors (Lipinski definition) is 2. The van der Waals surface area contributed by atoms with Crippen LogP contribution in [0.3, 0.4) is 0 Å². The van der Waals surface area contributed by atoms with E-state index in [0.717, 1.165) is 5.56 Å². The fraction of sp³-hybridized carbons (Fsp3) is 0.208. The highest BCUT2D eigenvalue weighted by molar-refractivity contribution is 7.89. The van der Waals surface area contributed by atoms with Crippen LogP contribution in [0.1, 0.15) is 21.5 Å². The summed E-state index contributed by atoms with van der Waals surface area (Å²) in [7, 11) is 0.813. The van der Waals surface area contributed by atoms with Gasteiger partial charge in [0.05, 0.1) is 44.6 Å². The lowest BCUT2D eigenvalue weighted by Gasteiger charge is -2.24. The SMILES string of the molecule is COc1ccc(S(=O)(=O)N(O)C(=O)c2c(N)c(OC)c(OC)c(OC)c2Cc2ccccc2)cc1. The largest absolute Gasteiger partial charge is 0.497 e. The number of carbonyl (C=O) groups excluding carboxylic acids is 1. The Morgan fingerprint density at radius 3 is 1.94 bits per heavy atom. The van der Waals surface area contributed by atoms with Crippen molar-refractivity contribution in [2.45, 2.75) is 11.3 Å². The van der Waals surface area contributed by atoms with Crippen molar-refractivity contribution in [1.82, 2.24) is 4.47 Å². The predicted molar refractivity (Wildman–Crippen MR) is 128 cm³/mol. The third kappa shape index (κ3) is 4.81. The van der Waals surface area contributed by atoms with Crippen molar-refractivity contribution in [3.8, 4) is 23.0 Å². The first-order chi connectivity index (χ1) is 16.7. The van der Waals surface area contributed by atoms with Crippen LogP contribution in [0.2, 0.25) is 0 Å². The molecule has 0 aromatic heterocycles. The van der Waals surface area contributed by atoms with Crippen molar-refractivity contribution in [2.24, 2.45) is 0 Å². The number of benzene rings is 3. The second-order valence-electron chi connectivity index (χ2n) is 7.26. The maximum absolute atomic E-state index is 13.5. The van der Waals surface area contributed by atoms with E-state index in [1.54, 1.807) is 12.1 Å². The normalized spacial score (nSPS) is 11.0. The van der Waals surface area contributed by atoms with Crippen molar-refractivity contribution < 1.29 is 37.4 Å². The van der Waals surface area contributed by atoms with E-state index in [2.05, 4.69) is 0 Å². The molecular weight excluding hydrogens is 476 g/mol. The van der Waals surface area contributed by atoms with Crippen molar-refractivity contribution in [1.29, 1.82) is 0 Å². The van der Waals surface area contributed by atoms with E-state index in [1.807, 2.05) is 18.2 Å². The summed E-state index contributed by atoms with van der Waals surface area (Å²) in [5, 5.41) is 10.6. The summed E-state index contributed by atoms with van der Waals surface area (Å²) in [6, 6.07) is 14.2. The molecule has 0 aliphatic carbocycles. The van der Waals surface area contributed by atoms with Gasteiger partial charge in [0.2, 0.25) is 5.75 Å². The maximum Gasteiger partial charge on any atom is 0.294 e. The average Bonchev–Trinajstić information content (AvgIpc) is 2.88. The number of nitrogen functional groups attached to an aromatic ring is 1. The molecule has 0 aliphatic heterocycles. The minimum atomic E-state index is -4.66. The Labute approximate surface area is 203 Å². The Bertz CT molecular complexity index is 1310. The van der Waals surface area contributed by atoms with Crippen LogP contribution < -0.4 is 24.7 Å². The standard InChI is InChI=1S/C24H26N2O8S/c1-31-16-10-12-17(13-11-16)35(29,30)26(28)24(27)19-18(14-15-8-6-5-7-9-15)21(32-2)23(34-4)22(33-3)20(19)25/h5-13,28H,14,25H2,1-4H3. The van der Waals surface area contributed by atoms with Crippen LogP contribution in [0.5, 0.6) is 23.0 Å². The van der Waals surface area contributed by atoms with E-state index in [0.29, 0.717) is 5.75 Å². The minimum Gasteiger partial charge on any atom is -0.497 e. The van der Waals surface area contributed by atoms with E-state index < -0.39 is 15.9 Å². The lowest BCUT2D eigenvalue weighted by Crippen LogP contribution is -2.35. The van der Waals surface area contributed by atoms with Crippen molar-refractivity contribution in [3.63, 3.8) is 0 Å². The number of nitrogens with zero attached hydrogens (tertiary/aromatic N) is 1. The highest BCUT2D eigenvalue weighted by Gasteiger charge is 2.36. The van der Waals surface area contributed by atoms with Crippen LogP contribution in [0.4, 0.5) is 5.69 Å². The Balaban J connectivity index is 2.21. The molecule has 0 saturated heterocycles. The van der Waals surface area contributed by atoms with Gasteiger partial charge in [0.25, 0.3) is 15.9 Å². The molecule has 0 radical (unpaired) electrons. The predicted octanol–water partition coefficient (Wildman–Crippen LogP) is 3.11. The molecule has 3 N–H and O–H groups in total. The first-order valence-corrected chi connectivity index (χ1v) is 11.7. The first kappa shape index (κ1) is 25.7. The minimum absolute atomic E-state index is 0.0419. The molecule has 3 aromatic rings. The molecule has 0 unspecified atom stereocenters. The second-order valence-corrected chi connectivity index (χ2v) is 9.03. The summed E-state index contributed by atoms with van der Waals surface area (Å²) < 4.78 is 47.1. The Morgan fingerprint density at radius 1 is 0.857 bits per heavy atom. The molecule has 35 heavy (non-hydrogen) atoms. The zero-order valence-electron chi connectivity index (χ0n) is 19.6. The molecule has 0 heterocycles. The highest BCUT2D eigenvalue weighted by atomic mass is 32.2. The lowest BCUT2D eigenvalue weighted by molar-refractivity contribution is 0.00785. The fourth-order valence-corrected chi connectivity index (χ4v) is 4.61. The highest BCUT2D eigenvalue weighted by Crippen LogP contribution is 2.48. The Hall–Kier alpha value is -3.96. The van der Waals surface area contributed by atoms with Gasteiger partial charge in [-0.1, -0.05) is 30.3 Å². The number of hydrogen-bond acceptors (Lipinski definition) is 9. The molecule has 10 nitrogen and oxygen atoms in total. The van der Waals surface area contributed by atoms with E-state index in [1.165, 1.54) is 52.7 Å². The molecule has 0 aliphatic rings. The fourth-order valence-electron chi connectivity index (χ4n) is 3.62. The topological polar surface area (TPSA) is 138 Å². The number of ether oxygens (including phenoxy) is 4. The van der Waals surface area contributed by atoms with Gasteiger partial charge < -0.3 is 24.7 Å². The third-order valence-electron chi connectivity index (χ3n) is 5.31. The smallest absolute Gasteiger partial charge is 0.294 e. The van der Waals surface area contributed by atoms with Gasteiger partial charge in [0, 0.05) is 12.0 Å². The Kier molecular flexibility index (Phi) is 7.72. The van der Waals surface area contributed by atoms with Crippen LogP contribution in [0.15, 0.2) is 59.5 Å². The van der Waals surface area contributed by atoms with Crippen molar-refractivity contribution in [3.05, 3.63) is 71.3 Å². The molecule has 0 spiro atoms. The van der Waals surface area contributed by atoms with Gasteiger partial charge in [0.1, 0.15) is 5.75 Å². The Morgan fingerprint density at radius 2 is 1.43 bits per heavy atom. The number of nitrogens with two attached hydrogens (primary N) is 1. The number of sulfonamides is 1. The number of hydroxylamine groups is 1. The molecule has 186 valence electrons. The van der Waals surface area contributed by atoms with Gasteiger partial charge in [-0.2, -0.15) is 8.42 Å². The number of anilines is 1. The molecule has 0 bridgehead atoms. The zero-order chi connectivity index (χ0) is 25.8. The van der Waals surface area contributed by atoms with E-state index in [9.17, 15) is 18.4 Å². The second kappa shape index (κ2) is 10.5. The first-order valence-electron chi connectivity index (χ1n) is 10.3. The molecule has 3 rings (SSSR count). The lowest BCUT2D eigenvalue weighted by atomic mass is 9.95. The molecule has 0 saturated carbocycles. The van der Waals surface area contributed by atoms with Gasteiger partial charge in [-0.25, -0.2) is 0 Å². The summed E-state index contributed by atoms with van der Waals surface area (Å²) in [6.45, 7) is 0. The van der Waals surface area contributed by atoms with E-state index in [-0.39, 0.29) is 49.8 Å². The quantitative estimate of drug-likeness (QED) is 0.257. The number of methoxy groups -OCH3 is 4. The monoisotopic (exact) mass is 502 g/mol. The average molecular weight is 503 g/mol. The molecule has 0 atom stereocenters. The summed E-state index contributed by atoms with van der Waals surface area (Å²) in [5.74, 6) is -0.694. The summed E-state index contributed by atoms with van der Waals surface area (Å²) in [5.41, 5.74) is 6.74. The summed E-state index contributed by atoms with van der Waals surface area (Å²) in [6.07, 6.45) is 0.117. The van der Waals surface area contributed by atoms with Crippen molar-refractivity contribution >= 4 is 21.6 Å². The zero-order valence-corrected chi connectivity index (χ0v) is 20.5. The van der Waals surface area contributed by atoms with Crippen LogP contribution in [-0.2, 0) is 16.4 Å². The van der Waals surface area contributed by atoms with Crippen LogP contribution in [0, 0.1) is 0 Å². The van der Waals surface area contributed by atoms with Crippen LogP contribution in [0.25, 0.3) is 0 Å². The molecule has 1 amide bonds. The van der Waals surface area contributed by atoms with Gasteiger partial charge in [-0.3, -0.25) is 10.0 Å². The summed E-state index contributed by atoms with van der Waals surface area (Å²) in [4.78, 5) is 13.2. The van der Waals surface area contributed by atoms with Gasteiger partial charge >= 0.3 is 0 Å². The number of rotatable bonds is 9. The molecular formula is C24H26N2O8S. The maximum atomic E-state index is 13.5. The molecule has 3 aromatic carbocycles. The third-order valence-corrected chi connectivity index (χ3v) is 6.80. The van der Waals surface area contributed by atoms with Gasteiger partial charge in [0.15, 0.2) is 11.5 Å². The van der Waals surface area contributed by atoms with E-state index in [4.69, 9.17) is 24.7 Å². The van der Waals surface area contributed by atoms with Crippen LogP contribution in [-0.4, -0.2) is 52.4 Å². The molecule has 0 fully saturated rings.